The molecule has 12 heteroatoms. The third kappa shape index (κ3) is 6.92. The second kappa shape index (κ2) is 12.4. The van der Waals surface area contributed by atoms with Gasteiger partial charge in [0.2, 0.25) is 21.8 Å². The van der Waals surface area contributed by atoms with E-state index in [1.807, 2.05) is 0 Å². The highest BCUT2D eigenvalue weighted by Crippen LogP contribution is 2.36. The van der Waals surface area contributed by atoms with Crippen LogP contribution in [0.1, 0.15) is 63.9 Å². The van der Waals surface area contributed by atoms with Crippen LogP contribution in [0.15, 0.2) is 41.3 Å². The highest BCUT2D eigenvalue weighted by molar-refractivity contribution is 7.89. The van der Waals surface area contributed by atoms with Gasteiger partial charge in [0.1, 0.15) is 10.3 Å². The van der Waals surface area contributed by atoms with E-state index in [2.05, 4.69) is 15.3 Å². The number of hydrogen-bond acceptors (Lipinski definition) is 8. The fraction of sp³-hybridized carbons (Fsp3) is 0.481. The lowest BCUT2D eigenvalue weighted by atomic mass is 9.87. The van der Waals surface area contributed by atoms with Crippen molar-refractivity contribution in [2.24, 2.45) is 5.92 Å². The molecule has 2 aromatic heterocycles. The van der Waals surface area contributed by atoms with Gasteiger partial charge in [-0.05, 0) is 49.9 Å². The Balaban J connectivity index is 1.58. The molecule has 1 fully saturated rings. The van der Waals surface area contributed by atoms with Gasteiger partial charge in [-0.15, -0.1) is 0 Å². The summed E-state index contributed by atoms with van der Waals surface area (Å²) in [4.78, 5) is 34.2. The summed E-state index contributed by atoms with van der Waals surface area (Å²) in [5, 5.41) is 12.4. The van der Waals surface area contributed by atoms with Crippen LogP contribution >= 0.6 is 11.3 Å². The number of fused-ring (bicyclic) bond motifs is 1. The molecule has 0 bridgehead atoms. The molecule has 210 valence electrons. The molecule has 3 aromatic rings. The van der Waals surface area contributed by atoms with Crippen LogP contribution in [0.4, 0.5) is 5.13 Å². The number of rotatable bonds is 12. The highest BCUT2D eigenvalue weighted by Gasteiger charge is 2.30. The Kier molecular flexibility index (Phi) is 9.19. The van der Waals surface area contributed by atoms with Crippen LogP contribution in [0.2, 0.25) is 0 Å². The minimum atomic E-state index is -3.91. The van der Waals surface area contributed by atoms with Gasteiger partial charge in [-0.25, -0.2) is 18.4 Å². The molecule has 1 amide bonds. The molecule has 0 radical (unpaired) electrons. The van der Waals surface area contributed by atoms with Crippen LogP contribution < -0.4 is 10.1 Å². The number of carbonyl (C=O) groups is 2. The summed E-state index contributed by atoms with van der Waals surface area (Å²) < 4.78 is 32.9. The molecule has 1 aromatic carbocycles. The minimum absolute atomic E-state index is 0.0663. The van der Waals surface area contributed by atoms with E-state index in [4.69, 9.17) is 9.84 Å². The third-order valence-corrected chi connectivity index (χ3v) is 10.0. The Morgan fingerprint density at radius 2 is 1.82 bits per heavy atom. The molecule has 10 nitrogen and oxygen atoms in total. The normalized spacial score (nSPS) is 15.2. The van der Waals surface area contributed by atoms with Gasteiger partial charge in [-0.2, -0.15) is 4.31 Å². The summed E-state index contributed by atoms with van der Waals surface area (Å²) in [5.74, 6) is -0.855. The van der Waals surface area contributed by atoms with Crippen molar-refractivity contribution in [3.63, 3.8) is 0 Å². The van der Waals surface area contributed by atoms with E-state index in [1.54, 1.807) is 45.2 Å². The van der Waals surface area contributed by atoms with Gasteiger partial charge in [0.15, 0.2) is 5.13 Å². The largest absolute Gasteiger partial charge is 0.481 e. The topological polar surface area (TPSA) is 139 Å². The van der Waals surface area contributed by atoms with E-state index in [0.717, 1.165) is 31.2 Å². The fourth-order valence-electron chi connectivity index (χ4n) is 5.00. The summed E-state index contributed by atoms with van der Waals surface area (Å²) in [6.07, 6.45) is 4.78. The Hall–Kier alpha value is -3.09. The molecule has 2 heterocycles. The predicted molar refractivity (Wildman–Crippen MR) is 150 cm³/mol. The first-order valence-corrected chi connectivity index (χ1v) is 15.3. The molecule has 1 saturated carbocycles. The van der Waals surface area contributed by atoms with E-state index >= 15 is 0 Å². The quantitative estimate of drug-likeness (QED) is 0.312. The van der Waals surface area contributed by atoms with E-state index in [0.29, 0.717) is 33.7 Å². The number of carboxylic acids is 1. The van der Waals surface area contributed by atoms with E-state index in [1.165, 1.54) is 27.8 Å². The van der Waals surface area contributed by atoms with Crippen molar-refractivity contribution in [2.75, 3.05) is 19.0 Å². The average molecular weight is 575 g/mol. The van der Waals surface area contributed by atoms with E-state index in [-0.39, 0.29) is 23.8 Å². The molecule has 0 saturated heterocycles. The van der Waals surface area contributed by atoms with Gasteiger partial charge in [0.25, 0.3) is 0 Å². The Labute approximate surface area is 232 Å². The van der Waals surface area contributed by atoms with Crippen LogP contribution in [-0.4, -0.2) is 59.4 Å². The van der Waals surface area contributed by atoms with Gasteiger partial charge in [0.05, 0.1) is 24.3 Å². The fourth-order valence-corrected chi connectivity index (χ4v) is 7.47. The molecule has 0 aliphatic heterocycles. The molecule has 2 N–H and O–H groups in total. The number of nitrogens with zero attached hydrogens (tertiary/aromatic N) is 3. The Morgan fingerprint density at radius 1 is 1.13 bits per heavy atom. The highest BCUT2D eigenvalue weighted by atomic mass is 32.2. The van der Waals surface area contributed by atoms with Crippen molar-refractivity contribution >= 4 is 48.7 Å². The lowest BCUT2D eigenvalue weighted by molar-refractivity contribution is -0.137. The molecule has 4 rings (SSSR count). The second-order valence-corrected chi connectivity index (χ2v) is 12.9. The summed E-state index contributed by atoms with van der Waals surface area (Å²) in [5.41, 5.74) is 1.39. The lowest BCUT2D eigenvalue weighted by Gasteiger charge is -2.26. The number of nitrogens with one attached hydrogen (secondary N) is 1. The van der Waals surface area contributed by atoms with Gasteiger partial charge >= 0.3 is 5.97 Å². The zero-order chi connectivity index (χ0) is 28.2. The zero-order valence-electron chi connectivity index (χ0n) is 22.3. The predicted octanol–water partition coefficient (Wildman–Crippen LogP) is 4.88. The Morgan fingerprint density at radius 3 is 2.44 bits per heavy atom. The standard InChI is InChI=1S/C27H34N4O6S2/c1-17(2)31(15-14-24(32)33)39(35,36)20-10-8-19(9-11-20)21(16-18-6-4-5-7-18)25(34)30-27-28-22-12-13-23(37-3)29-26(22)38-27/h8-13,17-18,21H,4-7,14-16H2,1-3H3,(H,32,33)(H,28,30,34)/t21-/m1/s1. The molecule has 1 atom stereocenters. The maximum atomic E-state index is 13.6. The first kappa shape index (κ1) is 28.9. The summed E-state index contributed by atoms with van der Waals surface area (Å²) in [6.45, 7) is 3.31. The van der Waals surface area contributed by atoms with Crippen LogP contribution in [0.25, 0.3) is 10.3 Å². The van der Waals surface area contributed by atoms with Crippen molar-refractivity contribution < 1.29 is 27.9 Å². The van der Waals surface area contributed by atoms with Gasteiger partial charge in [0, 0.05) is 18.7 Å². The summed E-state index contributed by atoms with van der Waals surface area (Å²) in [6, 6.07) is 9.48. The number of methoxy groups -OCH3 is 1. The SMILES string of the molecule is COc1ccc2nc(NC(=O)[C@H](CC3CCCC3)c3ccc(S(=O)(=O)N(CCC(=O)O)C(C)C)cc3)sc2n1. The number of carbonyl (C=O) groups excluding carboxylic acids is 1. The summed E-state index contributed by atoms with van der Waals surface area (Å²) in [7, 11) is -2.37. The number of sulfonamides is 1. The molecule has 0 unspecified atom stereocenters. The number of ether oxygens (including phenoxy) is 1. The minimum Gasteiger partial charge on any atom is -0.481 e. The van der Waals surface area contributed by atoms with Crippen molar-refractivity contribution in [3.8, 4) is 5.88 Å². The number of hydrogen-bond donors (Lipinski definition) is 2. The first-order chi connectivity index (χ1) is 18.6. The average Bonchev–Trinajstić information content (AvgIpc) is 3.55. The zero-order valence-corrected chi connectivity index (χ0v) is 23.9. The number of pyridine rings is 1. The van der Waals surface area contributed by atoms with Crippen molar-refractivity contribution in [1.29, 1.82) is 0 Å². The van der Waals surface area contributed by atoms with Gasteiger partial charge in [-0.1, -0.05) is 49.2 Å². The monoisotopic (exact) mass is 574 g/mol. The van der Waals surface area contributed by atoms with Gasteiger partial charge < -0.3 is 15.2 Å². The van der Waals surface area contributed by atoms with E-state index in [9.17, 15) is 18.0 Å². The smallest absolute Gasteiger partial charge is 0.304 e. The lowest BCUT2D eigenvalue weighted by Crippen LogP contribution is -2.38. The molecular formula is C27H34N4O6S2. The van der Waals surface area contributed by atoms with Crippen LogP contribution in [0, 0.1) is 5.92 Å². The summed E-state index contributed by atoms with van der Waals surface area (Å²) >= 11 is 1.27. The van der Waals surface area contributed by atoms with Crippen LogP contribution in [0.3, 0.4) is 0 Å². The van der Waals surface area contributed by atoms with Crippen molar-refractivity contribution in [1.82, 2.24) is 14.3 Å². The van der Waals surface area contributed by atoms with Crippen molar-refractivity contribution in [2.45, 2.75) is 69.2 Å². The first-order valence-electron chi connectivity index (χ1n) is 13.0. The molecule has 1 aliphatic carbocycles. The number of amides is 1. The van der Waals surface area contributed by atoms with E-state index < -0.39 is 28.0 Å². The maximum absolute atomic E-state index is 13.6. The maximum Gasteiger partial charge on any atom is 0.304 e. The molecule has 39 heavy (non-hydrogen) atoms. The molecule has 1 aliphatic rings. The number of thiazole rings is 1. The number of anilines is 1. The number of aromatic nitrogens is 2. The van der Waals surface area contributed by atoms with Crippen LogP contribution in [0.5, 0.6) is 5.88 Å². The molecular weight excluding hydrogens is 540 g/mol. The van der Waals surface area contributed by atoms with Crippen LogP contribution in [-0.2, 0) is 19.6 Å². The number of carboxylic acid groups (broad SMARTS) is 1. The number of benzene rings is 1. The van der Waals surface area contributed by atoms with Gasteiger partial charge in [-0.3, -0.25) is 9.59 Å². The van der Waals surface area contributed by atoms with Crippen molar-refractivity contribution in [3.05, 3.63) is 42.0 Å². The Bertz CT molecular complexity index is 1420. The second-order valence-electron chi connectivity index (χ2n) is 10.0. The molecule has 0 spiro atoms. The third-order valence-electron chi connectivity index (χ3n) is 7.04. The number of aliphatic carboxylic acids is 1.